The molecule has 0 spiro atoms. The van der Waals surface area contributed by atoms with Crippen LogP contribution in [0, 0.1) is 11.7 Å². The molecule has 2 saturated carbocycles. The fourth-order valence-electron chi connectivity index (χ4n) is 4.98. The van der Waals surface area contributed by atoms with Gasteiger partial charge in [0.2, 0.25) is 11.8 Å². The maximum atomic E-state index is 13.7. The SMILES string of the molecule is CCCCN(CC(=O)N(Cc1cccn1Cc1ccc(F)cc1)C1CCCCC1)C(=O)C1CC1. The minimum absolute atomic E-state index is 0.0616. The van der Waals surface area contributed by atoms with Crippen LogP contribution in [0.4, 0.5) is 4.39 Å². The number of unbranched alkanes of at least 4 members (excludes halogenated alkanes) is 1. The van der Waals surface area contributed by atoms with Gasteiger partial charge in [-0.2, -0.15) is 0 Å². The topological polar surface area (TPSA) is 45.6 Å². The Morgan fingerprint density at radius 3 is 2.44 bits per heavy atom. The third kappa shape index (κ3) is 6.49. The summed E-state index contributed by atoms with van der Waals surface area (Å²) in [5.41, 5.74) is 2.09. The zero-order chi connectivity index (χ0) is 23.9. The Hall–Kier alpha value is -2.63. The molecule has 2 aliphatic carbocycles. The number of carbonyl (C=O) groups excluding carboxylic acids is 2. The maximum Gasteiger partial charge on any atom is 0.242 e. The van der Waals surface area contributed by atoms with Gasteiger partial charge in [-0.3, -0.25) is 9.59 Å². The minimum atomic E-state index is -0.237. The number of benzene rings is 1. The Labute approximate surface area is 202 Å². The third-order valence-electron chi connectivity index (χ3n) is 7.20. The van der Waals surface area contributed by atoms with Gasteiger partial charge in [-0.05, 0) is 61.9 Å². The lowest BCUT2D eigenvalue weighted by molar-refractivity contribution is -0.143. The van der Waals surface area contributed by atoms with Crippen molar-refractivity contribution in [3.63, 3.8) is 0 Å². The van der Waals surface area contributed by atoms with Crippen LogP contribution in [0.25, 0.3) is 0 Å². The molecule has 0 saturated heterocycles. The standard InChI is InChI=1S/C28H38FN3O2/c1-2-3-17-31(28(34)23-13-14-23)21-27(33)32(25-8-5-4-6-9-25)20-26-10-7-18-30(26)19-22-11-15-24(29)16-12-22/h7,10-12,15-16,18,23,25H,2-6,8-9,13-14,17,19-21H2,1H3. The molecule has 0 unspecified atom stereocenters. The summed E-state index contributed by atoms with van der Waals surface area (Å²) in [6.45, 7) is 4.14. The molecule has 1 aromatic heterocycles. The van der Waals surface area contributed by atoms with Crippen LogP contribution in [0.3, 0.4) is 0 Å². The van der Waals surface area contributed by atoms with E-state index in [9.17, 15) is 14.0 Å². The van der Waals surface area contributed by atoms with E-state index in [1.165, 1.54) is 18.6 Å². The zero-order valence-corrected chi connectivity index (χ0v) is 20.4. The molecule has 0 radical (unpaired) electrons. The quantitative estimate of drug-likeness (QED) is 0.446. The summed E-state index contributed by atoms with van der Waals surface area (Å²) in [6, 6.07) is 10.9. The second-order valence-electron chi connectivity index (χ2n) is 9.95. The molecule has 1 heterocycles. The van der Waals surface area contributed by atoms with Crippen molar-refractivity contribution in [3.05, 3.63) is 59.7 Å². The van der Waals surface area contributed by atoms with Gasteiger partial charge in [-0.1, -0.05) is 44.7 Å². The molecule has 2 aromatic rings. The number of hydrogen-bond acceptors (Lipinski definition) is 2. The average Bonchev–Trinajstić information content (AvgIpc) is 3.62. The van der Waals surface area contributed by atoms with E-state index in [2.05, 4.69) is 17.6 Å². The Morgan fingerprint density at radius 1 is 1.03 bits per heavy atom. The van der Waals surface area contributed by atoms with Crippen LogP contribution in [-0.4, -0.2) is 45.3 Å². The van der Waals surface area contributed by atoms with Crippen LogP contribution in [0.15, 0.2) is 42.6 Å². The fourth-order valence-corrected chi connectivity index (χ4v) is 4.98. The average molecular weight is 468 g/mol. The first-order valence-corrected chi connectivity index (χ1v) is 13.0. The number of amides is 2. The molecule has 184 valence electrons. The molecule has 0 N–H and O–H groups in total. The van der Waals surface area contributed by atoms with Crippen LogP contribution in [0.2, 0.25) is 0 Å². The molecule has 0 atom stereocenters. The molecule has 2 fully saturated rings. The van der Waals surface area contributed by atoms with Crippen molar-refractivity contribution in [1.82, 2.24) is 14.4 Å². The molecule has 2 amide bonds. The highest BCUT2D eigenvalue weighted by molar-refractivity contribution is 5.87. The molecule has 0 aliphatic heterocycles. The number of halogens is 1. The van der Waals surface area contributed by atoms with E-state index in [-0.39, 0.29) is 36.1 Å². The molecule has 1 aromatic carbocycles. The van der Waals surface area contributed by atoms with Gasteiger partial charge < -0.3 is 14.4 Å². The first kappa shape index (κ1) is 24.5. The van der Waals surface area contributed by atoms with Gasteiger partial charge in [0.05, 0.1) is 13.1 Å². The first-order chi connectivity index (χ1) is 16.5. The van der Waals surface area contributed by atoms with Gasteiger partial charge in [-0.15, -0.1) is 0 Å². The molecule has 0 bridgehead atoms. The number of rotatable bonds is 11. The number of aromatic nitrogens is 1. The third-order valence-corrected chi connectivity index (χ3v) is 7.20. The highest BCUT2D eigenvalue weighted by Gasteiger charge is 2.35. The summed E-state index contributed by atoms with van der Waals surface area (Å²) < 4.78 is 15.5. The van der Waals surface area contributed by atoms with Gasteiger partial charge in [-0.25, -0.2) is 4.39 Å². The van der Waals surface area contributed by atoms with Crippen molar-refractivity contribution < 1.29 is 14.0 Å². The molecule has 2 aliphatic rings. The van der Waals surface area contributed by atoms with E-state index in [0.29, 0.717) is 19.6 Å². The molecule has 5 nitrogen and oxygen atoms in total. The Kier molecular flexibility index (Phi) is 8.41. The largest absolute Gasteiger partial charge is 0.345 e. The molecular formula is C28H38FN3O2. The summed E-state index contributed by atoms with van der Waals surface area (Å²) in [6.07, 6.45) is 11.4. The fraction of sp³-hybridized carbons (Fsp3) is 0.571. The normalized spacial score (nSPS) is 16.4. The van der Waals surface area contributed by atoms with Gasteiger partial charge in [0.25, 0.3) is 0 Å². The highest BCUT2D eigenvalue weighted by atomic mass is 19.1. The predicted molar refractivity (Wildman–Crippen MR) is 132 cm³/mol. The summed E-state index contributed by atoms with van der Waals surface area (Å²) in [4.78, 5) is 30.4. The Balaban J connectivity index is 1.50. The Bertz CT molecular complexity index is 945. The van der Waals surface area contributed by atoms with Crippen molar-refractivity contribution in [1.29, 1.82) is 0 Å². The molecular weight excluding hydrogens is 429 g/mol. The van der Waals surface area contributed by atoms with Gasteiger partial charge in [0.15, 0.2) is 0 Å². The second kappa shape index (κ2) is 11.7. The summed E-state index contributed by atoms with van der Waals surface area (Å²) in [5, 5.41) is 0. The predicted octanol–water partition coefficient (Wildman–Crippen LogP) is 5.38. The van der Waals surface area contributed by atoms with Crippen LogP contribution in [0.5, 0.6) is 0 Å². The summed E-state index contributed by atoms with van der Waals surface area (Å²) in [7, 11) is 0. The minimum Gasteiger partial charge on any atom is -0.345 e. The van der Waals surface area contributed by atoms with E-state index in [4.69, 9.17) is 0 Å². The lowest BCUT2D eigenvalue weighted by Gasteiger charge is -2.36. The van der Waals surface area contributed by atoms with Gasteiger partial charge in [0, 0.05) is 36.9 Å². The molecule has 6 heteroatoms. The van der Waals surface area contributed by atoms with E-state index < -0.39 is 0 Å². The number of hydrogen-bond donors (Lipinski definition) is 0. The van der Waals surface area contributed by atoms with Crippen molar-refractivity contribution in [2.75, 3.05) is 13.1 Å². The monoisotopic (exact) mass is 467 g/mol. The lowest BCUT2D eigenvalue weighted by Crippen LogP contribution is -2.48. The van der Waals surface area contributed by atoms with Crippen molar-refractivity contribution in [3.8, 4) is 0 Å². The van der Waals surface area contributed by atoms with Crippen molar-refractivity contribution >= 4 is 11.8 Å². The summed E-state index contributed by atoms with van der Waals surface area (Å²) >= 11 is 0. The van der Waals surface area contributed by atoms with Crippen LogP contribution < -0.4 is 0 Å². The van der Waals surface area contributed by atoms with Gasteiger partial charge in [0.1, 0.15) is 5.82 Å². The molecule has 34 heavy (non-hydrogen) atoms. The number of carbonyl (C=O) groups is 2. The number of nitrogens with zero attached hydrogens (tertiary/aromatic N) is 3. The highest BCUT2D eigenvalue weighted by Crippen LogP contribution is 2.31. The first-order valence-electron chi connectivity index (χ1n) is 13.0. The van der Waals surface area contributed by atoms with Crippen LogP contribution in [-0.2, 0) is 22.7 Å². The zero-order valence-electron chi connectivity index (χ0n) is 20.4. The van der Waals surface area contributed by atoms with Gasteiger partial charge >= 0.3 is 0 Å². The van der Waals surface area contributed by atoms with E-state index in [1.54, 1.807) is 12.1 Å². The summed E-state index contributed by atoms with van der Waals surface area (Å²) in [5.74, 6) is 0.108. The Morgan fingerprint density at radius 2 is 1.76 bits per heavy atom. The van der Waals surface area contributed by atoms with Crippen molar-refractivity contribution in [2.45, 2.75) is 83.8 Å². The molecule has 4 rings (SSSR count). The van der Waals surface area contributed by atoms with E-state index in [0.717, 1.165) is 62.6 Å². The van der Waals surface area contributed by atoms with Crippen LogP contribution in [0.1, 0.15) is 76.0 Å². The second-order valence-corrected chi connectivity index (χ2v) is 9.95. The van der Waals surface area contributed by atoms with Crippen molar-refractivity contribution in [2.24, 2.45) is 5.92 Å². The van der Waals surface area contributed by atoms with E-state index in [1.807, 2.05) is 22.1 Å². The smallest absolute Gasteiger partial charge is 0.242 e. The van der Waals surface area contributed by atoms with E-state index >= 15 is 0 Å². The van der Waals surface area contributed by atoms with Crippen LogP contribution >= 0.6 is 0 Å². The lowest BCUT2D eigenvalue weighted by atomic mass is 9.94. The maximum absolute atomic E-state index is 13.7.